The van der Waals surface area contributed by atoms with Crippen molar-refractivity contribution in [2.45, 2.75) is 49.9 Å². The average molecular weight is 519 g/mol. The predicted octanol–water partition coefficient (Wildman–Crippen LogP) is 6.72. The first-order valence-corrected chi connectivity index (χ1v) is 13.1. The molecule has 0 aliphatic heterocycles. The molecule has 184 valence electrons. The molecule has 5 aromatic rings. The van der Waals surface area contributed by atoms with Gasteiger partial charge in [0.15, 0.2) is 5.16 Å². The van der Waals surface area contributed by atoms with Gasteiger partial charge in [0, 0.05) is 71.7 Å². The highest BCUT2D eigenvalue weighted by atomic mass is 35.5. The minimum atomic E-state index is 0.287. The number of halogens is 1. The molecule has 7 nitrogen and oxygen atoms in total. The topological polar surface area (TPSA) is 70.7 Å². The van der Waals surface area contributed by atoms with Gasteiger partial charge in [-0.3, -0.25) is 9.67 Å². The lowest BCUT2D eigenvalue weighted by atomic mass is 10.0. The van der Waals surface area contributed by atoms with Crippen molar-refractivity contribution in [3.63, 3.8) is 0 Å². The number of rotatable bonds is 9. The number of aromatic nitrogens is 6. The van der Waals surface area contributed by atoms with Gasteiger partial charge in [-0.2, -0.15) is 5.10 Å². The Morgan fingerprint density at radius 1 is 1.14 bits per heavy atom. The second-order valence-electron chi connectivity index (χ2n) is 8.55. The van der Waals surface area contributed by atoms with Gasteiger partial charge in [-0.15, -0.1) is 0 Å². The monoisotopic (exact) mass is 518 g/mol. The van der Waals surface area contributed by atoms with Crippen LogP contribution in [-0.4, -0.2) is 29.3 Å². The number of aryl methyl sites for hydroxylation is 3. The molecular formula is C27H27ClN6OS. The summed E-state index contributed by atoms with van der Waals surface area (Å²) in [5, 5.41) is 6.82. The molecule has 9 heteroatoms. The number of pyridine rings is 2. The zero-order valence-electron chi connectivity index (χ0n) is 20.5. The minimum absolute atomic E-state index is 0.287. The highest BCUT2D eigenvalue weighted by molar-refractivity contribution is 7.99. The van der Waals surface area contributed by atoms with Crippen LogP contribution in [0.1, 0.15) is 31.0 Å². The van der Waals surface area contributed by atoms with Crippen molar-refractivity contribution < 1.29 is 4.74 Å². The van der Waals surface area contributed by atoms with E-state index in [-0.39, 0.29) is 6.61 Å². The molecule has 0 saturated heterocycles. The standard InChI is InChI=1S/C27H27ClN6OS/c1-4-5-12-34-13-11-30-27(34)36-25-16-29-15-22(28)21(25)17-35-24-8-6-7-19-20(14-18(2)32-26(19)24)23-9-10-31-33(23)3/h6-11,13-16H,4-5,12,17H2,1-3H3. The maximum atomic E-state index is 6.60. The highest BCUT2D eigenvalue weighted by Gasteiger charge is 2.16. The maximum absolute atomic E-state index is 6.60. The van der Waals surface area contributed by atoms with Crippen LogP contribution in [0.15, 0.2) is 71.4 Å². The van der Waals surface area contributed by atoms with Gasteiger partial charge >= 0.3 is 0 Å². The summed E-state index contributed by atoms with van der Waals surface area (Å²) >= 11 is 8.16. The first-order chi connectivity index (χ1) is 17.5. The Morgan fingerprint density at radius 3 is 2.83 bits per heavy atom. The average Bonchev–Trinajstić information content (AvgIpc) is 3.50. The van der Waals surface area contributed by atoms with Crippen molar-refractivity contribution in [3.05, 3.63) is 77.6 Å². The second kappa shape index (κ2) is 10.7. The van der Waals surface area contributed by atoms with E-state index in [9.17, 15) is 0 Å². The van der Waals surface area contributed by atoms with E-state index in [0.717, 1.165) is 62.9 Å². The number of ether oxygens (including phenoxy) is 1. The van der Waals surface area contributed by atoms with Gasteiger partial charge in [-0.25, -0.2) is 9.97 Å². The molecule has 0 radical (unpaired) electrons. The van der Waals surface area contributed by atoms with E-state index in [0.29, 0.717) is 10.8 Å². The summed E-state index contributed by atoms with van der Waals surface area (Å²) < 4.78 is 10.4. The SMILES string of the molecule is CCCCn1ccnc1Sc1cncc(Cl)c1COc1cccc2c(-c3ccnn3C)cc(C)nc12. The minimum Gasteiger partial charge on any atom is -0.487 e. The highest BCUT2D eigenvalue weighted by Crippen LogP contribution is 2.36. The van der Waals surface area contributed by atoms with E-state index in [1.807, 2.05) is 55.4 Å². The Kier molecular flexibility index (Phi) is 7.25. The smallest absolute Gasteiger partial charge is 0.172 e. The van der Waals surface area contributed by atoms with Gasteiger partial charge in [0.1, 0.15) is 17.9 Å². The molecule has 0 aliphatic carbocycles. The van der Waals surface area contributed by atoms with Crippen molar-refractivity contribution in [1.82, 2.24) is 29.3 Å². The van der Waals surface area contributed by atoms with Gasteiger partial charge in [0.05, 0.1) is 10.7 Å². The third-order valence-electron chi connectivity index (χ3n) is 6.00. The molecule has 36 heavy (non-hydrogen) atoms. The van der Waals surface area contributed by atoms with Crippen LogP contribution in [-0.2, 0) is 20.2 Å². The van der Waals surface area contributed by atoms with Crippen LogP contribution in [0, 0.1) is 6.92 Å². The summed E-state index contributed by atoms with van der Waals surface area (Å²) in [4.78, 5) is 14.6. The fourth-order valence-electron chi connectivity index (χ4n) is 4.14. The van der Waals surface area contributed by atoms with Crippen LogP contribution < -0.4 is 4.74 Å². The molecule has 5 rings (SSSR count). The summed E-state index contributed by atoms with van der Waals surface area (Å²) in [5.41, 5.74) is 4.69. The van der Waals surface area contributed by atoms with E-state index in [2.05, 4.69) is 38.7 Å². The Bertz CT molecular complexity index is 1510. The third-order valence-corrected chi connectivity index (χ3v) is 7.42. The van der Waals surface area contributed by atoms with Crippen LogP contribution in [0.4, 0.5) is 0 Å². The number of fused-ring (bicyclic) bond motifs is 1. The number of hydrogen-bond acceptors (Lipinski definition) is 6. The molecule has 4 heterocycles. The molecule has 0 atom stereocenters. The molecule has 0 amide bonds. The molecule has 0 fully saturated rings. The van der Waals surface area contributed by atoms with Gasteiger partial charge < -0.3 is 9.30 Å². The zero-order valence-corrected chi connectivity index (χ0v) is 22.1. The maximum Gasteiger partial charge on any atom is 0.172 e. The fraction of sp³-hybridized carbons (Fsp3) is 0.259. The Morgan fingerprint density at radius 2 is 2.03 bits per heavy atom. The Labute approximate surface area is 219 Å². The van der Waals surface area contributed by atoms with Crippen molar-refractivity contribution in [2.24, 2.45) is 7.05 Å². The molecule has 0 bridgehead atoms. The van der Waals surface area contributed by atoms with E-state index < -0.39 is 0 Å². The largest absolute Gasteiger partial charge is 0.487 e. The number of nitrogens with zero attached hydrogens (tertiary/aromatic N) is 6. The summed E-state index contributed by atoms with van der Waals surface area (Å²) in [7, 11) is 1.94. The van der Waals surface area contributed by atoms with Gasteiger partial charge in [-0.05, 0) is 43.3 Å². The molecular weight excluding hydrogens is 492 g/mol. The lowest BCUT2D eigenvalue weighted by molar-refractivity contribution is 0.306. The zero-order chi connectivity index (χ0) is 25.1. The fourth-order valence-corrected chi connectivity index (χ4v) is 5.39. The van der Waals surface area contributed by atoms with E-state index in [1.54, 1.807) is 24.2 Å². The Hall–Kier alpha value is -3.36. The lowest BCUT2D eigenvalue weighted by Gasteiger charge is -2.15. The first-order valence-electron chi connectivity index (χ1n) is 11.9. The van der Waals surface area contributed by atoms with Gasteiger partial charge in [0.25, 0.3) is 0 Å². The molecule has 0 spiro atoms. The van der Waals surface area contributed by atoms with Crippen LogP contribution in [0.25, 0.3) is 22.2 Å². The number of para-hydroxylation sites is 1. The normalized spacial score (nSPS) is 11.3. The molecule has 4 aromatic heterocycles. The number of hydrogen-bond donors (Lipinski definition) is 0. The Balaban J connectivity index is 1.46. The number of unbranched alkanes of at least 4 members (excludes halogenated alkanes) is 1. The van der Waals surface area contributed by atoms with Crippen molar-refractivity contribution in [1.29, 1.82) is 0 Å². The summed E-state index contributed by atoms with van der Waals surface area (Å²) in [6, 6.07) is 10.1. The molecule has 0 unspecified atom stereocenters. The van der Waals surface area contributed by atoms with Crippen molar-refractivity contribution in [3.8, 4) is 17.0 Å². The molecule has 0 saturated carbocycles. The van der Waals surface area contributed by atoms with E-state index in [1.165, 1.54) is 0 Å². The summed E-state index contributed by atoms with van der Waals surface area (Å²) in [5.74, 6) is 0.702. The van der Waals surface area contributed by atoms with Gasteiger partial charge in [0.2, 0.25) is 0 Å². The molecule has 0 aliphatic rings. The van der Waals surface area contributed by atoms with E-state index in [4.69, 9.17) is 21.3 Å². The van der Waals surface area contributed by atoms with Gasteiger partial charge in [-0.1, -0.05) is 37.1 Å². The third kappa shape index (κ3) is 4.96. The van der Waals surface area contributed by atoms with E-state index >= 15 is 0 Å². The predicted molar refractivity (Wildman–Crippen MR) is 144 cm³/mol. The number of imidazole rings is 1. The van der Waals surface area contributed by atoms with Crippen molar-refractivity contribution in [2.75, 3.05) is 0 Å². The lowest BCUT2D eigenvalue weighted by Crippen LogP contribution is -2.03. The quantitative estimate of drug-likeness (QED) is 0.216. The van der Waals surface area contributed by atoms with Crippen LogP contribution >= 0.6 is 23.4 Å². The first kappa shape index (κ1) is 24.3. The van der Waals surface area contributed by atoms with Crippen LogP contribution in [0.5, 0.6) is 5.75 Å². The van der Waals surface area contributed by atoms with Crippen molar-refractivity contribution >= 4 is 34.3 Å². The van der Waals surface area contributed by atoms with Crippen LogP contribution in [0.2, 0.25) is 5.02 Å². The molecule has 1 aromatic carbocycles. The summed E-state index contributed by atoms with van der Waals surface area (Å²) in [6.45, 7) is 5.39. The summed E-state index contributed by atoms with van der Waals surface area (Å²) in [6.07, 6.45) is 11.3. The molecule has 0 N–H and O–H groups in total. The second-order valence-corrected chi connectivity index (χ2v) is 9.97. The van der Waals surface area contributed by atoms with Crippen LogP contribution in [0.3, 0.4) is 0 Å². The number of benzene rings is 1.